The highest BCUT2D eigenvalue weighted by Gasteiger charge is 2.14. The van der Waals surface area contributed by atoms with Crippen molar-refractivity contribution in [2.75, 3.05) is 7.05 Å². The van der Waals surface area contributed by atoms with Crippen LogP contribution in [0, 0.1) is 6.92 Å². The third-order valence-corrected chi connectivity index (χ3v) is 2.66. The summed E-state index contributed by atoms with van der Waals surface area (Å²) in [4.78, 5) is 12.9. The van der Waals surface area contributed by atoms with Crippen molar-refractivity contribution in [1.82, 2.24) is 4.90 Å². The highest BCUT2D eigenvalue weighted by molar-refractivity contribution is 5.88. The van der Waals surface area contributed by atoms with E-state index in [1.165, 1.54) is 0 Å². The van der Waals surface area contributed by atoms with Crippen molar-refractivity contribution < 1.29 is 18.7 Å². The molecule has 0 bridgehead atoms. The second-order valence-electron chi connectivity index (χ2n) is 4.29. The van der Waals surface area contributed by atoms with Crippen LogP contribution >= 0.6 is 0 Å². The molecule has 2 aromatic heterocycles. The van der Waals surface area contributed by atoms with Crippen molar-refractivity contribution in [2.24, 2.45) is 0 Å². The summed E-state index contributed by atoms with van der Waals surface area (Å²) in [6, 6.07) is 3.47. The SMILES string of the molecule is Cc1oc(CN(C)Cc2ccoc2)cc1C(=O)O. The predicted octanol–water partition coefficient (Wildman–Crippen LogP) is 2.51. The third-order valence-electron chi connectivity index (χ3n) is 2.66. The van der Waals surface area contributed by atoms with Gasteiger partial charge in [-0.1, -0.05) is 0 Å². The van der Waals surface area contributed by atoms with Crippen LogP contribution in [0.2, 0.25) is 0 Å². The maximum absolute atomic E-state index is 10.9. The summed E-state index contributed by atoms with van der Waals surface area (Å²) in [7, 11) is 1.94. The number of hydrogen-bond donors (Lipinski definition) is 1. The summed E-state index contributed by atoms with van der Waals surface area (Å²) >= 11 is 0. The lowest BCUT2D eigenvalue weighted by atomic mass is 10.2. The number of nitrogens with zero attached hydrogens (tertiary/aromatic N) is 1. The van der Waals surface area contributed by atoms with Crippen LogP contribution in [0.25, 0.3) is 0 Å². The van der Waals surface area contributed by atoms with E-state index in [-0.39, 0.29) is 5.56 Å². The molecule has 0 aliphatic heterocycles. The number of aryl methyl sites for hydroxylation is 1. The first-order valence-corrected chi connectivity index (χ1v) is 5.58. The van der Waals surface area contributed by atoms with Crippen LogP contribution in [-0.4, -0.2) is 23.0 Å². The van der Waals surface area contributed by atoms with Crippen LogP contribution in [0.4, 0.5) is 0 Å². The molecule has 0 spiro atoms. The van der Waals surface area contributed by atoms with Crippen molar-refractivity contribution in [2.45, 2.75) is 20.0 Å². The smallest absolute Gasteiger partial charge is 0.339 e. The number of carbonyl (C=O) groups is 1. The quantitative estimate of drug-likeness (QED) is 0.881. The Labute approximate surface area is 105 Å². The van der Waals surface area contributed by atoms with E-state index in [2.05, 4.69) is 0 Å². The molecule has 0 atom stereocenters. The second-order valence-corrected chi connectivity index (χ2v) is 4.29. The van der Waals surface area contributed by atoms with E-state index >= 15 is 0 Å². The van der Waals surface area contributed by atoms with Gasteiger partial charge in [-0.2, -0.15) is 0 Å². The fraction of sp³-hybridized carbons (Fsp3) is 0.308. The Hall–Kier alpha value is -2.01. The predicted molar refractivity (Wildman–Crippen MR) is 64.3 cm³/mol. The first-order chi connectivity index (χ1) is 8.56. The van der Waals surface area contributed by atoms with Crippen LogP contribution in [0.1, 0.15) is 27.4 Å². The average Bonchev–Trinajstić information content (AvgIpc) is 2.88. The van der Waals surface area contributed by atoms with Gasteiger partial charge in [-0.25, -0.2) is 4.79 Å². The summed E-state index contributed by atoms with van der Waals surface area (Å²) in [6.07, 6.45) is 3.31. The molecule has 2 aromatic rings. The van der Waals surface area contributed by atoms with E-state index in [9.17, 15) is 4.79 Å². The minimum Gasteiger partial charge on any atom is -0.478 e. The maximum Gasteiger partial charge on any atom is 0.339 e. The van der Waals surface area contributed by atoms with Crippen molar-refractivity contribution in [3.8, 4) is 0 Å². The largest absolute Gasteiger partial charge is 0.478 e. The van der Waals surface area contributed by atoms with Crippen LogP contribution in [-0.2, 0) is 13.1 Å². The Bertz CT molecular complexity index is 527. The van der Waals surface area contributed by atoms with E-state index < -0.39 is 5.97 Å². The average molecular weight is 249 g/mol. The van der Waals surface area contributed by atoms with Gasteiger partial charge < -0.3 is 13.9 Å². The van der Waals surface area contributed by atoms with Gasteiger partial charge in [-0.3, -0.25) is 4.90 Å². The Morgan fingerprint density at radius 2 is 2.22 bits per heavy atom. The van der Waals surface area contributed by atoms with E-state index in [1.807, 2.05) is 18.0 Å². The molecule has 0 aromatic carbocycles. The molecule has 0 aliphatic rings. The van der Waals surface area contributed by atoms with Crippen LogP contribution < -0.4 is 0 Å². The third kappa shape index (κ3) is 2.81. The lowest BCUT2D eigenvalue weighted by molar-refractivity contribution is 0.0695. The molecule has 2 heterocycles. The minimum atomic E-state index is -0.958. The van der Waals surface area contributed by atoms with Gasteiger partial charge in [-0.05, 0) is 26.1 Å². The molecule has 5 heteroatoms. The van der Waals surface area contributed by atoms with Gasteiger partial charge in [0.1, 0.15) is 17.1 Å². The molecule has 0 saturated carbocycles. The number of furan rings is 2. The Morgan fingerprint density at radius 1 is 1.44 bits per heavy atom. The lowest BCUT2D eigenvalue weighted by Crippen LogP contribution is -2.16. The Kier molecular flexibility index (Phi) is 3.53. The number of carboxylic acids is 1. The van der Waals surface area contributed by atoms with Crippen LogP contribution in [0.15, 0.2) is 33.5 Å². The molecular weight excluding hydrogens is 234 g/mol. The second kappa shape index (κ2) is 5.10. The van der Waals surface area contributed by atoms with Crippen molar-refractivity contribution in [3.05, 3.63) is 47.3 Å². The number of aromatic carboxylic acids is 1. The van der Waals surface area contributed by atoms with Crippen LogP contribution in [0.3, 0.4) is 0 Å². The molecule has 0 fully saturated rings. The van der Waals surface area contributed by atoms with E-state index in [1.54, 1.807) is 25.5 Å². The zero-order chi connectivity index (χ0) is 13.1. The maximum atomic E-state index is 10.9. The fourth-order valence-electron chi connectivity index (χ4n) is 1.85. The summed E-state index contributed by atoms with van der Waals surface area (Å²) < 4.78 is 10.4. The molecular formula is C13H15NO4. The van der Waals surface area contributed by atoms with Gasteiger partial charge >= 0.3 is 5.97 Å². The number of rotatable bonds is 5. The van der Waals surface area contributed by atoms with E-state index in [0.29, 0.717) is 18.1 Å². The Balaban J connectivity index is 2.01. The zero-order valence-corrected chi connectivity index (χ0v) is 10.3. The summed E-state index contributed by atoms with van der Waals surface area (Å²) in [5, 5.41) is 8.93. The topological polar surface area (TPSA) is 66.8 Å². The van der Waals surface area contributed by atoms with Gasteiger partial charge in [-0.15, -0.1) is 0 Å². The van der Waals surface area contributed by atoms with Crippen molar-refractivity contribution >= 4 is 5.97 Å². The molecule has 0 unspecified atom stereocenters. The molecule has 1 N–H and O–H groups in total. The van der Waals surface area contributed by atoms with Gasteiger partial charge in [0.05, 0.1) is 19.1 Å². The first-order valence-electron chi connectivity index (χ1n) is 5.58. The van der Waals surface area contributed by atoms with Gasteiger partial charge in [0, 0.05) is 12.1 Å². The summed E-state index contributed by atoms with van der Waals surface area (Å²) in [5.74, 6) is 0.130. The molecule has 0 radical (unpaired) electrons. The Morgan fingerprint density at radius 3 is 2.78 bits per heavy atom. The fourth-order valence-corrected chi connectivity index (χ4v) is 1.85. The van der Waals surface area contributed by atoms with E-state index in [0.717, 1.165) is 12.1 Å². The molecule has 5 nitrogen and oxygen atoms in total. The van der Waals surface area contributed by atoms with Gasteiger partial charge in [0.25, 0.3) is 0 Å². The molecule has 0 saturated heterocycles. The standard InChI is InChI=1S/C13H15NO4/c1-9-12(13(15)16)5-11(18-9)7-14(2)6-10-3-4-17-8-10/h3-5,8H,6-7H2,1-2H3,(H,15,16). The molecule has 0 aliphatic carbocycles. The number of hydrogen-bond acceptors (Lipinski definition) is 4. The van der Waals surface area contributed by atoms with Crippen molar-refractivity contribution in [1.29, 1.82) is 0 Å². The molecule has 96 valence electrons. The van der Waals surface area contributed by atoms with Crippen LogP contribution in [0.5, 0.6) is 0 Å². The first kappa shape index (κ1) is 12.4. The monoisotopic (exact) mass is 249 g/mol. The van der Waals surface area contributed by atoms with Gasteiger partial charge in [0.15, 0.2) is 0 Å². The normalized spacial score (nSPS) is 11.1. The highest BCUT2D eigenvalue weighted by Crippen LogP contribution is 2.16. The minimum absolute atomic E-state index is 0.224. The summed E-state index contributed by atoms with van der Waals surface area (Å²) in [6.45, 7) is 2.93. The highest BCUT2D eigenvalue weighted by atomic mass is 16.4. The summed E-state index contributed by atoms with van der Waals surface area (Å²) in [5.41, 5.74) is 1.29. The van der Waals surface area contributed by atoms with E-state index in [4.69, 9.17) is 13.9 Å². The molecule has 2 rings (SSSR count). The zero-order valence-electron chi connectivity index (χ0n) is 10.3. The molecule has 18 heavy (non-hydrogen) atoms. The van der Waals surface area contributed by atoms with Crippen molar-refractivity contribution in [3.63, 3.8) is 0 Å². The van der Waals surface area contributed by atoms with Gasteiger partial charge in [0.2, 0.25) is 0 Å². The molecule has 0 amide bonds. The number of carboxylic acid groups (broad SMARTS) is 1. The lowest BCUT2D eigenvalue weighted by Gasteiger charge is -2.13.